The molecule has 5 heteroatoms. The predicted octanol–water partition coefficient (Wildman–Crippen LogP) is 4.30. The largest absolute Gasteiger partial charge is 0.497 e. The summed E-state index contributed by atoms with van der Waals surface area (Å²) in [6.45, 7) is 2.43. The molecule has 0 saturated heterocycles. The summed E-state index contributed by atoms with van der Waals surface area (Å²) < 4.78 is 5.24. The summed E-state index contributed by atoms with van der Waals surface area (Å²) in [5.41, 5.74) is 3.20. The van der Waals surface area contributed by atoms with Gasteiger partial charge in [0.2, 0.25) is 5.91 Å². The zero-order valence-corrected chi connectivity index (χ0v) is 15.8. The van der Waals surface area contributed by atoms with E-state index in [4.69, 9.17) is 4.74 Å². The summed E-state index contributed by atoms with van der Waals surface area (Å²) in [5, 5.41) is 5.91. The van der Waals surface area contributed by atoms with E-state index < -0.39 is 0 Å². The number of aryl methyl sites for hydroxylation is 1. The molecule has 3 aromatic rings. The number of nitrogens with one attached hydrogen (secondary N) is 1. The molecule has 0 spiro atoms. The van der Waals surface area contributed by atoms with Gasteiger partial charge in [0.15, 0.2) is 0 Å². The maximum Gasteiger partial charge on any atom is 0.221 e. The van der Waals surface area contributed by atoms with Crippen LogP contribution in [-0.2, 0) is 11.3 Å². The summed E-state index contributed by atoms with van der Waals surface area (Å²) in [4.78, 5) is 16.9. The molecule has 2 aromatic carbocycles. The number of rotatable bonds is 7. The van der Waals surface area contributed by atoms with Gasteiger partial charge in [0.25, 0.3) is 0 Å². The summed E-state index contributed by atoms with van der Waals surface area (Å²) in [5.74, 6) is 0.826. The van der Waals surface area contributed by atoms with Crippen LogP contribution in [0.5, 0.6) is 5.75 Å². The van der Waals surface area contributed by atoms with Crippen LogP contribution in [0.3, 0.4) is 0 Å². The molecule has 0 aliphatic rings. The van der Waals surface area contributed by atoms with Gasteiger partial charge in [0.1, 0.15) is 10.8 Å². The third-order valence-electron chi connectivity index (χ3n) is 4.21. The molecule has 1 atom stereocenters. The second kappa shape index (κ2) is 8.63. The van der Waals surface area contributed by atoms with Crippen molar-refractivity contribution < 1.29 is 9.53 Å². The molecule has 0 bridgehead atoms. The minimum absolute atomic E-state index is 0.000127. The maximum absolute atomic E-state index is 12.5. The van der Waals surface area contributed by atoms with E-state index >= 15 is 0 Å². The summed E-state index contributed by atoms with van der Waals surface area (Å²) in [6.07, 6.45) is 0.390. The van der Waals surface area contributed by atoms with E-state index in [1.165, 1.54) is 0 Å². The molecule has 26 heavy (non-hydrogen) atoms. The van der Waals surface area contributed by atoms with Gasteiger partial charge in [-0.25, -0.2) is 4.98 Å². The number of hydrogen-bond donors (Lipinski definition) is 1. The number of ether oxygens (including phenoxy) is 1. The topological polar surface area (TPSA) is 51.2 Å². The van der Waals surface area contributed by atoms with E-state index in [0.29, 0.717) is 13.0 Å². The Kier molecular flexibility index (Phi) is 6.02. The molecule has 1 amide bonds. The van der Waals surface area contributed by atoms with Crippen LogP contribution in [0.4, 0.5) is 0 Å². The SMILES string of the molecule is COc1ccc(C(CC(=O)NCc2nc(C)cs2)c2ccccc2)cc1. The van der Waals surface area contributed by atoms with Gasteiger partial charge in [-0.05, 0) is 30.2 Å². The number of nitrogens with zero attached hydrogens (tertiary/aromatic N) is 1. The van der Waals surface area contributed by atoms with Crippen molar-refractivity contribution in [1.29, 1.82) is 0 Å². The lowest BCUT2D eigenvalue weighted by Crippen LogP contribution is -2.25. The van der Waals surface area contributed by atoms with Crippen LogP contribution in [0.1, 0.15) is 34.2 Å². The van der Waals surface area contributed by atoms with E-state index in [1.807, 2.05) is 54.8 Å². The fourth-order valence-corrected chi connectivity index (χ4v) is 3.58. The van der Waals surface area contributed by atoms with Crippen LogP contribution in [0, 0.1) is 6.92 Å². The van der Waals surface area contributed by atoms with Gasteiger partial charge in [-0.2, -0.15) is 0 Å². The lowest BCUT2D eigenvalue weighted by Gasteiger charge is -2.18. The Morgan fingerprint density at radius 1 is 1.12 bits per heavy atom. The van der Waals surface area contributed by atoms with Crippen molar-refractivity contribution in [2.45, 2.75) is 25.8 Å². The molecule has 4 nitrogen and oxygen atoms in total. The van der Waals surface area contributed by atoms with Crippen molar-refractivity contribution in [1.82, 2.24) is 10.3 Å². The minimum atomic E-state index is 0.000127. The normalized spacial score (nSPS) is 11.8. The van der Waals surface area contributed by atoms with E-state index in [-0.39, 0.29) is 11.8 Å². The minimum Gasteiger partial charge on any atom is -0.497 e. The monoisotopic (exact) mass is 366 g/mol. The van der Waals surface area contributed by atoms with Crippen molar-refractivity contribution in [3.63, 3.8) is 0 Å². The van der Waals surface area contributed by atoms with Gasteiger partial charge in [0.05, 0.1) is 13.7 Å². The lowest BCUT2D eigenvalue weighted by atomic mass is 9.88. The molecule has 1 unspecified atom stereocenters. The van der Waals surface area contributed by atoms with E-state index in [1.54, 1.807) is 18.4 Å². The highest BCUT2D eigenvalue weighted by Gasteiger charge is 2.18. The number of carbonyl (C=O) groups is 1. The molecule has 1 N–H and O–H groups in total. The Labute approximate surface area is 157 Å². The van der Waals surface area contributed by atoms with E-state index in [9.17, 15) is 4.79 Å². The number of methoxy groups -OCH3 is 1. The van der Waals surface area contributed by atoms with Crippen LogP contribution in [0.25, 0.3) is 0 Å². The van der Waals surface area contributed by atoms with Crippen LogP contribution < -0.4 is 10.1 Å². The zero-order chi connectivity index (χ0) is 18.4. The Morgan fingerprint density at radius 3 is 2.42 bits per heavy atom. The third-order valence-corrected chi connectivity index (χ3v) is 5.18. The van der Waals surface area contributed by atoms with Gasteiger partial charge >= 0.3 is 0 Å². The number of carbonyl (C=O) groups excluding carboxylic acids is 1. The van der Waals surface area contributed by atoms with Crippen molar-refractivity contribution >= 4 is 17.2 Å². The van der Waals surface area contributed by atoms with Gasteiger partial charge in [-0.15, -0.1) is 11.3 Å². The first-order chi connectivity index (χ1) is 12.7. The molecular formula is C21H22N2O2S. The molecule has 0 saturated carbocycles. The van der Waals surface area contributed by atoms with Crippen LogP contribution >= 0.6 is 11.3 Å². The van der Waals surface area contributed by atoms with Crippen molar-refractivity contribution in [2.24, 2.45) is 0 Å². The summed E-state index contributed by atoms with van der Waals surface area (Å²) >= 11 is 1.57. The summed E-state index contributed by atoms with van der Waals surface area (Å²) in [7, 11) is 1.65. The smallest absolute Gasteiger partial charge is 0.221 e. The zero-order valence-electron chi connectivity index (χ0n) is 14.9. The predicted molar refractivity (Wildman–Crippen MR) is 105 cm³/mol. The van der Waals surface area contributed by atoms with Crippen LogP contribution in [0.2, 0.25) is 0 Å². The summed E-state index contributed by atoms with van der Waals surface area (Å²) in [6, 6.07) is 18.0. The second-order valence-corrected chi connectivity index (χ2v) is 7.04. The molecule has 0 fully saturated rings. The highest BCUT2D eigenvalue weighted by atomic mass is 32.1. The average molecular weight is 366 g/mol. The lowest BCUT2D eigenvalue weighted by molar-refractivity contribution is -0.121. The van der Waals surface area contributed by atoms with Crippen LogP contribution in [-0.4, -0.2) is 18.0 Å². The highest BCUT2D eigenvalue weighted by Crippen LogP contribution is 2.29. The van der Waals surface area contributed by atoms with Crippen LogP contribution in [0.15, 0.2) is 60.0 Å². The molecule has 0 aliphatic carbocycles. The van der Waals surface area contributed by atoms with E-state index in [0.717, 1.165) is 27.6 Å². The van der Waals surface area contributed by atoms with Gasteiger partial charge in [-0.1, -0.05) is 42.5 Å². The molecule has 1 heterocycles. The fourth-order valence-electron chi connectivity index (χ4n) is 2.87. The molecule has 134 valence electrons. The van der Waals surface area contributed by atoms with Crippen molar-refractivity contribution in [2.75, 3.05) is 7.11 Å². The van der Waals surface area contributed by atoms with Crippen molar-refractivity contribution in [3.8, 4) is 5.75 Å². The van der Waals surface area contributed by atoms with Gasteiger partial charge in [-0.3, -0.25) is 4.79 Å². The molecule has 3 rings (SSSR count). The van der Waals surface area contributed by atoms with Gasteiger partial charge < -0.3 is 10.1 Å². The maximum atomic E-state index is 12.5. The molecular weight excluding hydrogens is 344 g/mol. The highest BCUT2D eigenvalue weighted by molar-refractivity contribution is 7.09. The molecule has 0 aliphatic heterocycles. The number of benzene rings is 2. The fraction of sp³-hybridized carbons (Fsp3) is 0.238. The number of aromatic nitrogens is 1. The Balaban J connectivity index is 1.73. The number of amides is 1. The van der Waals surface area contributed by atoms with Gasteiger partial charge in [0, 0.05) is 23.4 Å². The first kappa shape index (κ1) is 18.1. The number of thiazole rings is 1. The second-order valence-electron chi connectivity index (χ2n) is 6.10. The molecule has 1 aromatic heterocycles. The van der Waals surface area contributed by atoms with E-state index in [2.05, 4.69) is 22.4 Å². The first-order valence-corrected chi connectivity index (χ1v) is 9.40. The quantitative estimate of drug-likeness (QED) is 0.678. The Morgan fingerprint density at radius 2 is 1.81 bits per heavy atom. The Hall–Kier alpha value is -2.66. The third kappa shape index (κ3) is 4.70. The number of hydrogen-bond acceptors (Lipinski definition) is 4. The molecule has 0 radical (unpaired) electrons. The standard InChI is InChI=1S/C21H22N2O2S/c1-15-14-26-21(23-15)13-22-20(24)12-19(16-6-4-3-5-7-16)17-8-10-18(25-2)11-9-17/h3-11,14,19H,12-13H2,1-2H3,(H,22,24). The Bertz CT molecular complexity index is 844. The first-order valence-electron chi connectivity index (χ1n) is 8.52. The van der Waals surface area contributed by atoms with Crippen molar-refractivity contribution in [3.05, 3.63) is 81.8 Å². The average Bonchev–Trinajstić information content (AvgIpc) is 3.10.